The van der Waals surface area contributed by atoms with Gasteiger partial charge < -0.3 is 0 Å². The number of carbonyl (C=O) groups is 1. The quantitative estimate of drug-likeness (QED) is 0.252. The molecule has 0 saturated carbocycles. The zero-order valence-corrected chi connectivity index (χ0v) is 15.4. The molecule has 1 fully saturated rings. The van der Waals surface area contributed by atoms with Gasteiger partial charge in [-0.1, -0.05) is 0 Å². The van der Waals surface area contributed by atoms with Gasteiger partial charge in [0.2, 0.25) is 0 Å². The summed E-state index contributed by atoms with van der Waals surface area (Å²) in [6, 6.07) is -0.758. The molecule has 3 heterocycles. The number of carboxylic acid groups (broad SMARTS) is 1. The first kappa shape index (κ1) is 19.0. The number of aromatic amines is 1. The van der Waals surface area contributed by atoms with E-state index in [4.69, 9.17) is 4.74 Å². The van der Waals surface area contributed by atoms with Crippen molar-refractivity contribution < 1.29 is 30.6 Å². The van der Waals surface area contributed by atoms with E-state index in [1.54, 1.807) is 0 Å². The fourth-order valence-corrected chi connectivity index (χ4v) is 5.05. The third kappa shape index (κ3) is 3.65. The van der Waals surface area contributed by atoms with E-state index in [1.165, 1.54) is 17.2 Å². The third-order valence-corrected chi connectivity index (χ3v) is 6.49. The molecular formula is C14H19N5O6Se. The Bertz CT molecular complexity index is 841. The van der Waals surface area contributed by atoms with E-state index >= 15 is 0 Å². The number of carboxylic acids is 1. The van der Waals surface area contributed by atoms with Crippen LogP contribution in [0.3, 0.4) is 0 Å². The van der Waals surface area contributed by atoms with Crippen LogP contribution in [0, 0.1) is 0 Å². The second-order valence-corrected chi connectivity index (χ2v) is 8.39. The second-order valence-electron chi connectivity index (χ2n) is 5.98. The van der Waals surface area contributed by atoms with Crippen LogP contribution in [0.5, 0.6) is 0 Å². The summed E-state index contributed by atoms with van der Waals surface area (Å²) in [6.45, 7) is 0. The molecule has 1 aliphatic rings. The van der Waals surface area contributed by atoms with Gasteiger partial charge in [-0.15, -0.1) is 0 Å². The first-order chi connectivity index (χ1) is 12.4. The number of aliphatic hydroxyl groups is 2. The molecule has 1 aliphatic heterocycles. The van der Waals surface area contributed by atoms with Crippen molar-refractivity contribution in [2.75, 3.05) is 0 Å². The Morgan fingerprint density at radius 1 is 1.46 bits per heavy atom. The standard InChI is InChI=1S/C14H19N5O6Se/c15-6(14(23)24)1-2-26-3-7-9(20)10(21)13(25-7)19-5-18-8-11(19)16-4-17-12(8)22/h4-7,9-10,13,20-21H,1-3,15H2,(H,23,24)(H,16,17,22)/t6-,7+,9+,10+,13+/m0/s1. The molecule has 6 N–H and O–H groups in total. The van der Waals surface area contributed by atoms with Crippen LogP contribution in [-0.4, -0.2) is 75.0 Å². The molecule has 1 saturated heterocycles. The summed E-state index contributed by atoms with van der Waals surface area (Å²) in [7, 11) is 0. The number of H-pyrrole nitrogens is 1. The fourth-order valence-electron chi connectivity index (χ4n) is 2.69. The average molecular weight is 432 g/mol. The topological polar surface area (TPSA) is 181 Å². The van der Waals surface area contributed by atoms with Crippen LogP contribution in [0.25, 0.3) is 11.2 Å². The molecule has 12 heteroatoms. The molecule has 2 aromatic heterocycles. The summed E-state index contributed by atoms with van der Waals surface area (Å²) in [4.78, 5) is 32.8. The molecule has 0 spiro atoms. The molecule has 5 atom stereocenters. The Labute approximate surface area is 153 Å². The van der Waals surface area contributed by atoms with E-state index in [9.17, 15) is 24.9 Å². The number of quaternary nitrogens is 1. The number of imidazole rings is 1. The third-order valence-electron chi connectivity index (χ3n) is 4.20. The predicted octanol–water partition coefficient (Wildman–Crippen LogP) is -3.97. The number of rotatable bonds is 7. The first-order valence-corrected chi connectivity index (χ1v) is 10.4. The fraction of sp³-hybridized carbons (Fsp3) is 0.571. The van der Waals surface area contributed by atoms with Gasteiger partial charge in [-0.25, -0.2) is 0 Å². The van der Waals surface area contributed by atoms with Crippen LogP contribution in [0.4, 0.5) is 0 Å². The molecule has 26 heavy (non-hydrogen) atoms. The zero-order chi connectivity index (χ0) is 18.8. The van der Waals surface area contributed by atoms with Crippen LogP contribution in [-0.2, 0) is 9.53 Å². The van der Waals surface area contributed by atoms with Gasteiger partial charge >= 0.3 is 153 Å². The molecule has 2 aromatic rings. The molecule has 0 aromatic carbocycles. The Hall–Kier alpha value is -1.82. The number of nitrogens with zero attached hydrogens (tertiary/aromatic N) is 3. The van der Waals surface area contributed by atoms with Crippen molar-refractivity contribution in [2.24, 2.45) is 0 Å². The number of carbonyl (C=O) groups excluding carboxylic acids is 1. The number of hydrogen-bond acceptors (Lipinski definition) is 8. The molecule has 11 nitrogen and oxygen atoms in total. The van der Waals surface area contributed by atoms with Gasteiger partial charge in [-0.2, -0.15) is 0 Å². The van der Waals surface area contributed by atoms with E-state index in [0.29, 0.717) is 17.1 Å². The predicted molar refractivity (Wildman–Crippen MR) is 85.7 cm³/mol. The van der Waals surface area contributed by atoms with Crippen molar-refractivity contribution in [2.45, 2.75) is 47.6 Å². The Balaban J connectivity index is 1.65. The van der Waals surface area contributed by atoms with Crippen molar-refractivity contribution in [1.82, 2.24) is 19.5 Å². The molecule has 0 unspecified atom stereocenters. The number of nitrogens with one attached hydrogen (secondary N) is 1. The van der Waals surface area contributed by atoms with Gasteiger partial charge in [-0.05, 0) is 0 Å². The zero-order valence-electron chi connectivity index (χ0n) is 13.6. The SMILES string of the molecule is [NH3+][C@@H](CC[Se]C[C@H]1O[C@@H](n2cnc3c(=O)[nH]cnc32)[C@H](O)[C@@H]1O)C(=O)[O-]. The normalized spacial score (nSPS) is 27.0. The monoisotopic (exact) mass is 433 g/mol. The van der Waals surface area contributed by atoms with Gasteiger partial charge in [0.25, 0.3) is 0 Å². The van der Waals surface area contributed by atoms with Gasteiger partial charge in [0.1, 0.15) is 0 Å². The first-order valence-electron chi connectivity index (χ1n) is 7.93. The number of aliphatic hydroxyl groups excluding tert-OH is 2. The Morgan fingerprint density at radius 2 is 2.23 bits per heavy atom. The minimum absolute atomic E-state index is 0.0120. The van der Waals surface area contributed by atoms with E-state index in [0.717, 1.165) is 0 Å². The maximum atomic E-state index is 11.7. The molecule has 0 bridgehead atoms. The second kappa shape index (κ2) is 7.82. The van der Waals surface area contributed by atoms with E-state index in [2.05, 4.69) is 20.7 Å². The average Bonchev–Trinajstić information content (AvgIpc) is 3.15. The van der Waals surface area contributed by atoms with Gasteiger partial charge in [-0.3, -0.25) is 0 Å². The summed E-state index contributed by atoms with van der Waals surface area (Å²) in [6.07, 6.45) is -0.830. The summed E-state index contributed by atoms with van der Waals surface area (Å²) < 4.78 is 7.20. The van der Waals surface area contributed by atoms with E-state index < -0.39 is 42.1 Å². The Morgan fingerprint density at radius 3 is 2.96 bits per heavy atom. The van der Waals surface area contributed by atoms with Gasteiger partial charge in [0, 0.05) is 0 Å². The molecule has 3 rings (SSSR count). The van der Waals surface area contributed by atoms with Gasteiger partial charge in [0.05, 0.1) is 0 Å². The molecule has 0 aliphatic carbocycles. The summed E-state index contributed by atoms with van der Waals surface area (Å²) in [5.74, 6) is -1.18. The van der Waals surface area contributed by atoms with Crippen LogP contribution >= 0.6 is 0 Å². The van der Waals surface area contributed by atoms with Crippen molar-refractivity contribution in [3.05, 3.63) is 23.0 Å². The van der Waals surface area contributed by atoms with E-state index in [1.807, 2.05) is 0 Å². The number of aromatic nitrogens is 4. The summed E-state index contributed by atoms with van der Waals surface area (Å²) in [5.41, 5.74) is 3.47. The molecule has 0 radical (unpaired) electrons. The molecular weight excluding hydrogens is 413 g/mol. The summed E-state index contributed by atoms with van der Waals surface area (Å²) in [5, 5.41) is 32.4. The van der Waals surface area contributed by atoms with Crippen LogP contribution in [0.1, 0.15) is 12.6 Å². The maximum absolute atomic E-state index is 11.7. The van der Waals surface area contributed by atoms with Crippen molar-refractivity contribution in [3.63, 3.8) is 0 Å². The summed E-state index contributed by atoms with van der Waals surface area (Å²) >= 11 is 0.0120. The van der Waals surface area contributed by atoms with Crippen molar-refractivity contribution in [1.29, 1.82) is 0 Å². The van der Waals surface area contributed by atoms with Crippen molar-refractivity contribution >= 4 is 32.1 Å². The number of aliphatic carboxylic acids is 1. The number of hydrogen-bond donors (Lipinski definition) is 4. The minimum atomic E-state index is -1.20. The number of ether oxygens (including phenoxy) is 1. The number of fused-ring (bicyclic) bond motifs is 1. The molecule has 142 valence electrons. The Kier molecular flexibility index (Phi) is 5.70. The van der Waals surface area contributed by atoms with Crippen LogP contribution < -0.4 is 16.4 Å². The molecule has 0 amide bonds. The van der Waals surface area contributed by atoms with E-state index in [-0.39, 0.29) is 26.1 Å². The van der Waals surface area contributed by atoms with Crippen LogP contribution in [0.2, 0.25) is 10.6 Å². The van der Waals surface area contributed by atoms with Crippen LogP contribution in [0.15, 0.2) is 17.4 Å². The van der Waals surface area contributed by atoms with Crippen molar-refractivity contribution in [3.8, 4) is 0 Å². The van der Waals surface area contributed by atoms with Gasteiger partial charge in [0.15, 0.2) is 0 Å².